The fourth-order valence-corrected chi connectivity index (χ4v) is 5.33. The summed E-state index contributed by atoms with van der Waals surface area (Å²) in [5, 5.41) is 10.6. The molecule has 3 heterocycles. The molecule has 6 heteroatoms. The van der Waals surface area contributed by atoms with E-state index < -0.39 is 12.0 Å². The van der Waals surface area contributed by atoms with E-state index in [4.69, 9.17) is 0 Å². The van der Waals surface area contributed by atoms with Gasteiger partial charge in [0.2, 0.25) is 0 Å². The molecule has 1 aliphatic carbocycles. The molecule has 2 aromatic heterocycles. The minimum absolute atomic E-state index is 0.453. The molecule has 1 aliphatic heterocycles. The number of carboxylic acid groups (broad SMARTS) is 1. The fraction of sp³-hybridized carbons (Fsp3) is 0.588. The van der Waals surface area contributed by atoms with Gasteiger partial charge in [0.05, 0.1) is 5.39 Å². The van der Waals surface area contributed by atoms with Crippen molar-refractivity contribution in [2.75, 3.05) is 11.4 Å². The van der Waals surface area contributed by atoms with Crippen LogP contribution in [-0.4, -0.2) is 33.6 Å². The molecular weight excluding hydrogens is 310 g/mol. The average Bonchev–Trinajstić information content (AvgIpc) is 3.09. The van der Waals surface area contributed by atoms with Crippen LogP contribution in [0.4, 0.5) is 5.82 Å². The molecule has 0 amide bonds. The Morgan fingerprint density at radius 1 is 1.35 bits per heavy atom. The number of carbonyl (C=O) groups is 1. The van der Waals surface area contributed by atoms with Crippen LogP contribution in [0.3, 0.4) is 0 Å². The molecule has 4 rings (SSSR count). The van der Waals surface area contributed by atoms with Crippen LogP contribution in [0.2, 0.25) is 0 Å². The number of aromatic nitrogens is 2. The number of aryl methyl sites for hydroxylation is 2. The van der Waals surface area contributed by atoms with Gasteiger partial charge in [-0.05, 0) is 50.5 Å². The van der Waals surface area contributed by atoms with Crippen LogP contribution < -0.4 is 4.90 Å². The van der Waals surface area contributed by atoms with Crippen molar-refractivity contribution in [3.63, 3.8) is 0 Å². The Hall–Kier alpha value is -1.69. The predicted molar refractivity (Wildman–Crippen MR) is 91.3 cm³/mol. The first-order valence-electron chi connectivity index (χ1n) is 8.33. The Labute approximate surface area is 139 Å². The number of thiophene rings is 1. The van der Waals surface area contributed by atoms with E-state index in [2.05, 4.69) is 16.9 Å². The minimum Gasteiger partial charge on any atom is -0.480 e. The zero-order valence-corrected chi connectivity index (χ0v) is 14.3. The molecule has 0 radical (unpaired) electrons. The molecule has 0 bridgehead atoms. The van der Waals surface area contributed by atoms with E-state index in [-0.39, 0.29) is 0 Å². The first kappa shape index (κ1) is 14.9. The number of hydrogen-bond acceptors (Lipinski definition) is 5. The van der Waals surface area contributed by atoms with Crippen molar-refractivity contribution in [2.45, 2.75) is 52.0 Å². The highest BCUT2D eigenvalue weighted by atomic mass is 32.1. The summed E-state index contributed by atoms with van der Waals surface area (Å²) in [6, 6.07) is -0.453. The van der Waals surface area contributed by atoms with Crippen LogP contribution in [0.5, 0.6) is 0 Å². The molecule has 2 aromatic rings. The van der Waals surface area contributed by atoms with E-state index in [1.807, 2.05) is 11.8 Å². The van der Waals surface area contributed by atoms with Gasteiger partial charge in [0, 0.05) is 11.4 Å². The van der Waals surface area contributed by atoms with Gasteiger partial charge in [0.15, 0.2) is 0 Å². The summed E-state index contributed by atoms with van der Waals surface area (Å²) in [6.07, 6.45) is 4.96. The summed E-state index contributed by atoms with van der Waals surface area (Å²) in [6.45, 7) is 4.96. The van der Waals surface area contributed by atoms with Gasteiger partial charge in [-0.3, -0.25) is 0 Å². The van der Waals surface area contributed by atoms with Gasteiger partial charge >= 0.3 is 5.97 Å². The second kappa shape index (κ2) is 5.44. The summed E-state index contributed by atoms with van der Waals surface area (Å²) in [5.41, 5.74) is 1.37. The third-order valence-electron chi connectivity index (χ3n) is 5.06. The summed E-state index contributed by atoms with van der Waals surface area (Å²) < 4.78 is 0. The molecule has 2 atom stereocenters. The number of rotatable bonds is 2. The third-order valence-corrected chi connectivity index (χ3v) is 6.21. The second-order valence-corrected chi connectivity index (χ2v) is 7.90. The molecular formula is C17H21N3O2S. The lowest BCUT2D eigenvalue weighted by Crippen LogP contribution is -2.36. The number of anilines is 1. The van der Waals surface area contributed by atoms with E-state index in [1.54, 1.807) is 11.3 Å². The Morgan fingerprint density at radius 3 is 2.96 bits per heavy atom. The van der Waals surface area contributed by atoms with E-state index in [0.29, 0.717) is 12.3 Å². The van der Waals surface area contributed by atoms with E-state index in [0.717, 1.165) is 47.7 Å². The van der Waals surface area contributed by atoms with Gasteiger partial charge in [0.25, 0.3) is 0 Å². The van der Waals surface area contributed by atoms with Gasteiger partial charge < -0.3 is 10.0 Å². The maximum absolute atomic E-state index is 11.6. The number of aliphatic carboxylic acids is 1. The molecule has 0 saturated carbocycles. The SMILES string of the molecule is Cc1nc(N2CCC[C@H]2C(=O)O)c2c3c(sc2n1)CC(C)CC3. The van der Waals surface area contributed by atoms with Crippen molar-refractivity contribution in [3.05, 3.63) is 16.3 Å². The highest BCUT2D eigenvalue weighted by Gasteiger charge is 2.34. The highest BCUT2D eigenvalue weighted by molar-refractivity contribution is 7.19. The smallest absolute Gasteiger partial charge is 0.326 e. The van der Waals surface area contributed by atoms with Gasteiger partial charge in [-0.25, -0.2) is 14.8 Å². The average molecular weight is 331 g/mol. The Kier molecular flexibility index (Phi) is 3.52. The predicted octanol–water partition coefficient (Wildman–Crippen LogP) is 3.18. The number of fused-ring (bicyclic) bond motifs is 3. The molecule has 5 nitrogen and oxygen atoms in total. The number of nitrogens with zero attached hydrogens (tertiary/aromatic N) is 3. The lowest BCUT2D eigenvalue weighted by molar-refractivity contribution is -0.138. The molecule has 1 unspecified atom stereocenters. The lowest BCUT2D eigenvalue weighted by atomic mass is 9.89. The molecule has 122 valence electrons. The first-order valence-corrected chi connectivity index (χ1v) is 9.14. The summed E-state index contributed by atoms with van der Waals surface area (Å²) >= 11 is 1.78. The Bertz CT molecular complexity index is 786. The van der Waals surface area contributed by atoms with Crippen molar-refractivity contribution in [3.8, 4) is 0 Å². The zero-order chi connectivity index (χ0) is 16.1. The summed E-state index contributed by atoms with van der Waals surface area (Å²) in [7, 11) is 0. The maximum atomic E-state index is 11.6. The third kappa shape index (κ3) is 2.40. The maximum Gasteiger partial charge on any atom is 0.326 e. The minimum atomic E-state index is -0.746. The van der Waals surface area contributed by atoms with E-state index in [9.17, 15) is 9.90 Å². The van der Waals surface area contributed by atoms with Crippen molar-refractivity contribution in [2.24, 2.45) is 5.92 Å². The molecule has 2 aliphatic rings. The fourth-order valence-electron chi connectivity index (χ4n) is 3.91. The van der Waals surface area contributed by atoms with Gasteiger partial charge in [-0.2, -0.15) is 0 Å². The van der Waals surface area contributed by atoms with Crippen LogP contribution in [0.15, 0.2) is 0 Å². The first-order chi connectivity index (χ1) is 11.0. The molecule has 0 spiro atoms. The molecule has 0 aromatic carbocycles. The molecule has 1 N–H and O–H groups in total. The van der Waals surface area contributed by atoms with Crippen LogP contribution in [0.25, 0.3) is 10.2 Å². The van der Waals surface area contributed by atoms with E-state index in [1.165, 1.54) is 16.9 Å². The number of carboxylic acids is 1. The largest absolute Gasteiger partial charge is 0.480 e. The standard InChI is InChI=1S/C17H21N3O2S/c1-9-5-6-11-13(8-9)23-16-14(11)15(18-10(2)19-16)20-7-3-4-12(20)17(21)22/h9,12H,3-8H2,1-2H3,(H,21,22)/t9?,12-/m0/s1. The van der Waals surface area contributed by atoms with Crippen LogP contribution in [0.1, 0.15) is 42.5 Å². The summed E-state index contributed by atoms with van der Waals surface area (Å²) in [4.78, 5) is 25.4. The summed E-state index contributed by atoms with van der Waals surface area (Å²) in [5.74, 6) is 1.55. The second-order valence-electron chi connectivity index (χ2n) is 6.82. The topological polar surface area (TPSA) is 66.3 Å². The van der Waals surface area contributed by atoms with Gasteiger partial charge in [0.1, 0.15) is 22.5 Å². The Balaban J connectivity index is 1.90. The van der Waals surface area contributed by atoms with E-state index >= 15 is 0 Å². The normalized spacial score (nSPS) is 24.2. The monoisotopic (exact) mass is 331 g/mol. The van der Waals surface area contributed by atoms with Crippen molar-refractivity contribution >= 4 is 33.3 Å². The quantitative estimate of drug-likeness (QED) is 0.915. The van der Waals surface area contributed by atoms with Gasteiger partial charge in [-0.1, -0.05) is 6.92 Å². The lowest BCUT2D eigenvalue weighted by Gasteiger charge is -2.25. The highest BCUT2D eigenvalue weighted by Crippen LogP contribution is 2.42. The van der Waals surface area contributed by atoms with Crippen molar-refractivity contribution < 1.29 is 9.90 Å². The van der Waals surface area contributed by atoms with Gasteiger partial charge in [-0.15, -0.1) is 11.3 Å². The number of hydrogen-bond donors (Lipinski definition) is 1. The van der Waals surface area contributed by atoms with Crippen molar-refractivity contribution in [1.82, 2.24) is 9.97 Å². The molecule has 23 heavy (non-hydrogen) atoms. The molecule has 1 saturated heterocycles. The van der Waals surface area contributed by atoms with Crippen LogP contribution in [0, 0.1) is 12.8 Å². The van der Waals surface area contributed by atoms with Crippen molar-refractivity contribution in [1.29, 1.82) is 0 Å². The Morgan fingerprint density at radius 2 is 2.17 bits per heavy atom. The zero-order valence-electron chi connectivity index (χ0n) is 13.5. The van der Waals surface area contributed by atoms with Crippen LogP contribution in [-0.2, 0) is 17.6 Å². The molecule has 1 fully saturated rings. The van der Waals surface area contributed by atoms with Crippen LogP contribution >= 0.6 is 11.3 Å².